The molecule has 0 aromatic rings. The molecule has 0 spiro atoms. The van der Waals surface area contributed by atoms with Gasteiger partial charge < -0.3 is 10.2 Å². The van der Waals surface area contributed by atoms with Crippen molar-refractivity contribution in [1.82, 2.24) is 9.80 Å². The lowest BCUT2D eigenvalue weighted by molar-refractivity contribution is -0.138. The van der Waals surface area contributed by atoms with Gasteiger partial charge in [-0.15, -0.1) is 0 Å². The van der Waals surface area contributed by atoms with Crippen LogP contribution in [0, 0.1) is 5.92 Å². The molecule has 18 heavy (non-hydrogen) atoms. The van der Waals surface area contributed by atoms with Crippen LogP contribution in [-0.2, 0) is 4.79 Å². The van der Waals surface area contributed by atoms with Gasteiger partial charge in [-0.3, -0.25) is 14.6 Å². The molecule has 1 saturated heterocycles. The first kappa shape index (κ1) is 15.4. The van der Waals surface area contributed by atoms with Crippen molar-refractivity contribution < 1.29 is 15.0 Å². The Morgan fingerprint density at radius 1 is 1.22 bits per heavy atom. The van der Waals surface area contributed by atoms with Crippen LogP contribution in [0.1, 0.15) is 27.2 Å². The molecule has 1 unspecified atom stereocenters. The molecule has 5 heteroatoms. The Kier molecular flexibility index (Phi) is 5.56. The van der Waals surface area contributed by atoms with Gasteiger partial charge in [0.05, 0.1) is 12.1 Å². The minimum absolute atomic E-state index is 0.119. The van der Waals surface area contributed by atoms with Gasteiger partial charge in [0.25, 0.3) is 0 Å². The van der Waals surface area contributed by atoms with Gasteiger partial charge >= 0.3 is 5.97 Å². The van der Waals surface area contributed by atoms with Crippen molar-refractivity contribution in [3.8, 4) is 0 Å². The Balaban J connectivity index is 2.44. The van der Waals surface area contributed by atoms with E-state index < -0.39 is 11.6 Å². The molecule has 1 atom stereocenters. The quantitative estimate of drug-likeness (QED) is 0.751. The van der Waals surface area contributed by atoms with Crippen molar-refractivity contribution in [2.45, 2.75) is 32.8 Å². The van der Waals surface area contributed by atoms with Gasteiger partial charge in [-0.05, 0) is 25.8 Å². The number of β-amino-alcohol motifs (C(OH)–C–C–N with tert-alkyl or cyclic N) is 1. The summed E-state index contributed by atoms with van der Waals surface area (Å²) < 4.78 is 0. The smallest absolute Gasteiger partial charge is 0.317 e. The highest BCUT2D eigenvalue weighted by atomic mass is 16.4. The maximum atomic E-state index is 10.7. The van der Waals surface area contributed by atoms with Crippen molar-refractivity contribution in [1.29, 1.82) is 0 Å². The normalized spacial score (nSPS) is 22.7. The highest BCUT2D eigenvalue weighted by molar-refractivity contribution is 5.69. The van der Waals surface area contributed by atoms with Crippen molar-refractivity contribution >= 4 is 5.97 Å². The number of carbonyl (C=O) groups is 1. The van der Waals surface area contributed by atoms with Gasteiger partial charge in [0.15, 0.2) is 0 Å². The number of hydrogen-bond donors (Lipinski definition) is 2. The van der Waals surface area contributed by atoms with Crippen LogP contribution in [-0.4, -0.2) is 70.9 Å². The highest BCUT2D eigenvalue weighted by Gasteiger charge is 2.28. The second-order valence-electron chi connectivity index (χ2n) is 5.81. The zero-order valence-corrected chi connectivity index (χ0v) is 11.7. The van der Waals surface area contributed by atoms with Gasteiger partial charge in [-0.2, -0.15) is 0 Å². The fourth-order valence-electron chi connectivity index (χ4n) is 2.17. The molecule has 106 valence electrons. The SMILES string of the molecule is CC(C)C(C)(O)CN1CCCN(CC(=O)O)CC1. The van der Waals surface area contributed by atoms with E-state index in [1.165, 1.54) is 0 Å². The Labute approximate surface area is 109 Å². The van der Waals surface area contributed by atoms with Crippen LogP contribution >= 0.6 is 0 Å². The Bertz CT molecular complexity index is 279. The lowest BCUT2D eigenvalue weighted by Crippen LogP contribution is -2.45. The first-order chi connectivity index (χ1) is 8.31. The number of aliphatic carboxylic acids is 1. The summed E-state index contributed by atoms with van der Waals surface area (Å²) in [5, 5.41) is 19.1. The third kappa shape index (κ3) is 4.92. The summed E-state index contributed by atoms with van der Waals surface area (Å²) in [6.07, 6.45) is 0.960. The van der Waals surface area contributed by atoms with Crippen LogP contribution < -0.4 is 0 Å². The average molecular weight is 258 g/mol. The van der Waals surface area contributed by atoms with E-state index in [-0.39, 0.29) is 12.5 Å². The van der Waals surface area contributed by atoms with E-state index in [1.54, 1.807) is 0 Å². The van der Waals surface area contributed by atoms with Crippen molar-refractivity contribution in [2.75, 3.05) is 39.3 Å². The molecule has 2 N–H and O–H groups in total. The summed E-state index contributed by atoms with van der Waals surface area (Å²) >= 11 is 0. The number of aliphatic hydroxyl groups is 1. The molecule has 5 nitrogen and oxygen atoms in total. The molecule has 1 aliphatic heterocycles. The predicted molar refractivity (Wildman–Crippen MR) is 70.6 cm³/mol. The molecule has 0 aliphatic carbocycles. The third-order valence-electron chi connectivity index (χ3n) is 3.83. The van der Waals surface area contributed by atoms with Crippen LogP contribution in [0.3, 0.4) is 0 Å². The van der Waals surface area contributed by atoms with E-state index in [4.69, 9.17) is 5.11 Å². The minimum Gasteiger partial charge on any atom is -0.480 e. The lowest BCUT2D eigenvalue weighted by Gasteiger charge is -2.33. The van der Waals surface area contributed by atoms with Crippen molar-refractivity contribution in [3.05, 3.63) is 0 Å². The summed E-state index contributed by atoms with van der Waals surface area (Å²) in [6, 6.07) is 0. The Hall–Kier alpha value is -0.650. The number of carboxylic acids is 1. The molecular formula is C13H26N2O3. The molecule has 1 rings (SSSR count). The maximum absolute atomic E-state index is 10.7. The monoisotopic (exact) mass is 258 g/mol. The predicted octanol–water partition coefficient (Wildman–Crippen LogP) is 0.486. The van der Waals surface area contributed by atoms with Crippen LogP contribution in [0.25, 0.3) is 0 Å². The zero-order chi connectivity index (χ0) is 13.8. The first-order valence-electron chi connectivity index (χ1n) is 6.70. The average Bonchev–Trinajstić information content (AvgIpc) is 2.42. The molecule has 1 aliphatic rings. The Morgan fingerprint density at radius 3 is 2.33 bits per heavy atom. The van der Waals surface area contributed by atoms with E-state index in [0.29, 0.717) is 6.54 Å². The second-order valence-corrected chi connectivity index (χ2v) is 5.81. The van der Waals surface area contributed by atoms with E-state index in [0.717, 1.165) is 32.6 Å². The summed E-state index contributed by atoms with van der Waals surface area (Å²) in [7, 11) is 0. The molecular weight excluding hydrogens is 232 g/mol. The minimum atomic E-state index is -0.766. The molecule has 0 amide bonds. The fraction of sp³-hybridized carbons (Fsp3) is 0.923. The Morgan fingerprint density at radius 2 is 1.78 bits per heavy atom. The molecule has 1 fully saturated rings. The number of rotatable bonds is 5. The fourth-order valence-corrected chi connectivity index (χ4v) is 2.17. The summed E-state index contributed by atoms with van der Waals surface area (Å²) in [6.45, 7) is 10.0. The molecule has 0 aromatic carbocycles. The standard InChI is InChI=1S/C13H26N2O3/c1-11(2)13(3,18)10-15-6-4-5-14(7-8-15)9-12(16)17/h11,18H,4-10H2,1-3H3,(H,16,17). The van der Waals surface area contributed by atoms with Crippen LogP contribution in [0.2, 0.25) is 0 Å². The lowest BCUT2D eigenvalue weighted by atomic mass is 9.92. The van der Waals surface area contributed by atoms with Crippen LogP contribution in [0.4, 0.5) is 0 Å². The number of hydrogen-bond acceptors (Lipinski definition) is 4. The van der Waals surface area contributed by atoms with E-state index >= 15 is 0 Å². The van der Waals surface area contributed by atoms with Gasteiger partial charge in [-0.25, -0.2) is 0 Å². The summed E-state index contributed by atoms with van der Waals surface area (Å²) in [5.74, 6) is -0.548. The number of carboxylic acid groups (broad SMARTS) is 1. The van der Waals surface area contributed by atoms with E-state index in [2.05, 4.69) is 4.90 Å². The van der Waals surface area contributed by atoms with Gasteiger partial charge in [0.2, 0.25) is 0 Å². The second kappa shape index (κ2) is 6.50. The van der Waals surface area contributed by atoms with Gasteiger partial charge in [-0.1, -0.05) is 13.8 Å². The summed E-state index contributed by atoms with van der Waals surface area (Å²) in [4.78, 5) is 14.9. The molecule has 0 radical (unpaired) electrons. The third-order valence-corrected chi connectivity index (χ3v) is 3.83. The first-order valence-corrected chi connectivity index (χ1v) is 6.70. The number of nitrogens with zero attached hydrogens (tertiary/aromatic N) is 2. The zero-order valence-electron chi connectivity index (χ0n) is 11.7. The van der Waals surface area contributed by atoms with Crippen molar-refractivity contribution in [2.24, 2.45) is 5.92 Å². The van der Waals surface area contributed by atoms with Crippen LogP contribution in [0.5, 0.6) is 0 Å². The molecule has 0 saturated carbocycles. The van der Waals surface area contributed by atoms with Gasteiger partial charge in [0.1, 0.15) is 0 Å². The van der Waals surface area contributed by atoms with Crippen molar-refractivity contribution in [3.63, 3.8) is 0 Å². The topological polar surface area (TPSA) is 64.0 Å². The van der Waals surface area contributed by atoms with E-state index in [1.807, 2.05) is 25.7 Å². The maximum Gasteiger partial charge on any atom is 0.317 e. The van der Waals surface area contributed by atoms with Gasteiger partial charge in [0, 0.05) is 26.2 Å². The molecule has 1 heterocycles. The molecule has 0 aromatic heterocycles. The van der Waals surface area contributed by atoms with E-state index in [9.17, 15) is 9.90 Å². The summed E-state index contributed by atoms with van der Waals surface area (Å²) in [5.41, 5.74) is -0.679. The van der Waals surface area contributed by atoms with Crippen LogP contribution in [0.15, 0.2) is 0 Å². The highest BCUT2D eigenvalue weighted by Crippen LogP contribution is 2.18. The molecule has 0 bridgehead atoms. The largest absolute Gasteiger partial charge is 0.480 e.